The van der Waals surface area contributed by atoms with E-state index in [2.05, 4.69) is 43.3 Å². The van der Waals surface area contributed by atoms with Crippen LogP contribution in [0.1, 0.15) is 29.2 Å². The highest BCUT2D eigenvalue weighted by Gasteiger charge is 2.16. The molecule has 3 heterocycles. The number of hydrogen-bond acceptors (Lipinski definition) is 8. The predicted octanol–water partition coefficient (Wildman–Crippen LogP) is 6.09. The lowest BCUT2D eigenvalue weighted by molar-refractivity contribution is 0.977. The predicted molar refractivity (Wildman–Crippen MR) is 158 cm³/mol. The molecule has 0 amide bonds. The maximum absolute atomic E-state index is 4.90. The highest BCUT2D eigenvalue weighted by molar-refractivity contribution is 5.98. The van der Waals surface area contributed by atoms with Gasteiger partial charge in [-0.2, -0.15) is 15.1 Å². The quantitative estimate of drug-likeness (QED) is 0.145. The fourth-order valence-corrected chi connectivity index (χ4v) is 4.07. The largest absolute Gasteiger partial charge is 0.369 e. The van der Waals surface area contributed by atoms with Crippen molar-refractivity contribution in [2.45, 2.75) is 19.8 Å². The summed E-state index contributed by atoms with van der Waals surface area (Å²) in [4.78, 5) is 18.0. The summed E-state index contributed by atoms with van der Waals surface area (Å²) in [7, 11) is 0. The van der Waals surface area contributed by atoms with Crippen molar-refractivity contribution in [3.05, 3.63) is 132 Å². The zero-order valence-corrected chi connectivity index (χ0v) is 21.7. The summed E-state index contributed by atoms with van der Waals surface area (Å²) in [5, 5.41) is 11.6. The van der Waals surface area contributed by atoms with Gasteiger partial charge in [0, 0.05) is 54.6 Å². The molecule has 0 saturated carbocycles. The van der Waals surface area contributed by atoms with Crippen molar-refractivity contribution in [3.63, 3.8) is 0 Å². The second-order valence-electron chi connectivity index (χ2n) is 8.95. The van der Waals surface area contributed by atoms with Crippen LogP contribution in [0.3, 0.4) is 0 Å². The average Bonchev–Trinajstić information content (AvgIpc) is 2.99. The topological polar surface area (TPSA) is 100 Å². The summed E-state index contributed by atoms with van der Waals surface area (Å²) in [6.45, 7) is 2.66. The Morgan fingerprint density at radius 1 is 0.718 bits per heavy atom. The number of nitrogens with one attached hydrogen (secondary N) is 3. The maximum Gasteiger partial charge on any atom is 0.231 e. The number of rotatable bonds is 11. The second-order valence-corrected chi connectivity index (χ2v) is 8.95. The van der Waals surface area contributed by atoms with Crippen molar-refractivity contribution >= 4 is 29.0 Å². The maximum atomic E-state index is 4.90. The van der Waals surface area contributed by atoms with E-state index in [1.54, 1.807) is 12.4 Å². The Balaban J connectivity index is 1.51. The lowest BCUT2D eigenvalue weighted by Crippen LogP contribution is -2.14. The van der Waals surface area contributed by atoms with E-state index in [0.717, 1.165) is 40.3 Å². The summed E-state index contributed by atoms with van der Waals surface area (Å²) >= 11 is 0. The summed E-state index contributed by atoms with van der Waals surface area (Å²) in [5.41, 5.74) is 9.23. The SMILES string of the molecule is CC(=NNc1nc(Nc2ccccc2)nc(NCCc2ccncc2)c1Cc1ccccc1)c1ccncc1. The van der Waals surface area contributed by atoms with Crippen LogP contribution in [0.2, 0.25) is 0 Å². The fourth-order valence-electron chi connectivity index (χ4n) is 4.07. The molecule has 0 fully saturated rings. The standard InChI is InChI=1S/C31H30N8/c1-23(26-15-19-33-20-16-26)38-39-30-28(22-25-8-4-2-5-9-25)29(34-21-14-24-12-17-32-18-13-24)36-31(37-30)35-27-10-6-3-7-11-27/h2-13,15-20H,14,21-22H2,1H3,(H3,34,35,36,37,39). The summed E-state index contributed by atoms with van der Waals surface area (Å²) in [6.07, 6.45) is 8.61. The molecule has 0 unspecified atom stereocenters. The molecule has 0 atom stereocenters. The molecule has 0 aliphatic heterocycles. The second kappa shape index (κ2) is 12.9. The highest BCUT2D eigenvalue weighted by atomic mass is 15.3. The van der Waals surface area contributed by atoms with Crippen LogP contribution in [0, 0.1) is 0 Å². The van der Waals surface area contributed by atoms with Crippen LogP contribution in [0.5, 0.6) is 0 Å². The van der Waals surface area contributed by atoms with Gasteiger partial charge in [0.25, 0.3) is 0 Å². The van der Waals surface area contributed by atoms with Gasteiger partial charge in [-0.3, -0.25) is 15.4 Å². The molecule has 39 heavy (non-hydrogen) atoms. The van der Waals surface area contributed by atoms with Gasteiger partial charge in [0.1, 0.15) is 5.82 Å². The van der Waals surface area contributed by atoms with Gasteiger partial charge in [-0.05, 0) is 60.9 Å². The van der Waals surface area contributed by atoms with Gasteiger partial charge in [0.15, 0.2) is 5.82 Å². The summed E-state index contributed by atoms with van der Waals surface area (Å²) in [6, 6.07) is 28.1. The van der Waals surface area contributed by atoms with Gasteiger partial charge in [0.05, 0.1) is 5.71 Å². The first-order chi connectivity index (χ1) is 19.2. The first-order valence-electron chi connectivity index (χ1n) is 12.8. The lowest BCUT2D eigenvalue weighted by atomic mass is 10.1. The van der Waals surface area contributed by atoms with Gasteiger partial charge in [-0.15, -0.1) is 0 Å². The number of nitrogens with zero attached hydrogens (tertiary/aromatic N) is 5. The molecular weight excluding hydrogens is 484 g/mol. The molecule has 0 saturated heterocycles. The number of hydrazone groups is 1. The molecule has 5 rings (SSSR count). The van der Waals surface area contributed by atoms with Crippen LogP contribution in [-0.2, 0) is 12.8 Å². The van der Waals surface area contributed by atoms with Crippen LogP contribution < -0.4 is 16.1 Å². The molecule has 0 aliphatic carbocycles. The van der Waals surface area contributed by atoms with Crippen LogP contribution in [0.25, 0.3) is 0 Å². The third-order valence-corrected chi connectivity index (χ3v) is 6.14. The van der Waals surface area contributed by atoms with Crippen LogP contribution in [0.4, 0.5) is 23.3 Å². The zero-order valence-electron chi connectivity index (χ0n) is 21.7. The Labute approximate surface area is 228 Å². The van der Waals surface area contributed by atoms with Gasteiger partial charge < -0.3 is 10.6 Å². The first kappa shape index (κ1) is 25.5. The minimum absolute atomic E-state index is 0.476. The molecule has 194 valence electrons. The van der Waals surface area contributed by atoms with Gasteiger partial charge in [-0.25, -0.2) is 0 Å². The number of benzene rings is 2. The number of anilines is 4. The van der Waals surface area contributed by atoms with E-state index in [-0.39, 0.29) is 0 Å². The fraction of sp³-hybridized carbons (Fsp3) is 0.129. The van der Waals surface area contributed by atoms with Crippen molar-refractivity contribution < 1.29 is 0 Å². The molecule has 3 aromatic heterocycles. The van der Waals surface area contributed by atoms with E-state index < -0.39 is 0 Å². The first-order valence-corrected chi connectivity index (χ1v) is 12.8. The minimum atomic E-state index is 0.476. The van der Waals surface area contributed by atoms with Crippen molar-refractivity contribution in [1.82, 2.24) is 19.9 Å². The van der Waals surface area contributed by atoms with Gasteiger partial charge in [0.2, 0.25) is 5.95 Å². The Kier molecular flexibility index (Phi) is 8.46. The molecule has 0 bridgehead atoms. The smallest absolute Gasteiger partial charge is 0.231 e. The van der Waals surface area contributed by atoms with Crippen LogP contribution in [0.15, 0.2) is 115 Å². The molecule has 0 aliphatic rings. The van der Waals surface area contributed by atoms with E-state index >= 15 is 0 Å². The normalized spacial score (nSPS) is 11.2. The Hall–Kier alpha value is -5.11. The number of para-hydroxylation sites is 1. The van der Waals surface area contributed by atoms with E-state index in [1.165, 1.54) is 5.56 Å². The van der Waals surface area contributed by atoms with E-state index in [4.69, 9.17) is 9.97 Å². The Bertz CT molecular complexity index is 1490. The lowest BCUT2D eigenvalue weighted by Gasteiger charge is -2.17. The van der Waals surface area contributed by atoms with Crippen LogP contribution >= 0.6 is 0 Å². The van der Waals surface area contributed by atoms with E-state index in [1.807, 2.05) is 92.1 Å². The van der Waals surface area contributed by atoms with Crippen molar-refractivity contribution in [3.8, 4) is 0 Å². The zero-order chi connectivity index (χ0) is 26.7. The molecule has 5 aromatic rings. The minimum Gasteiger partial charge on any atom is -0.369 e. The summed E-state index contributed by atoms with van der Waals surface area (Å²) < 4.78 is 0. The molecule has 2 aromatic carbocycles. The van der Waals surface area contributed by atoms with Gasteiger partial charge >= 0.3 is 0 Å². The number of pyridine rings is 2. The van der Waals surface area contributed by atoms with Crippen molar-refractivity contribution in [2.75, 3.05) is 22.6 Å². The van der Waals surface area contributed by atoms with E-state index in [9.17, 15) is 0 Å². The van der Waals surface area contributed by atoms with Gasteiger partial charge in [-0.1, -0.05) is 48.5 Å². The highest BCUT2D eigenvalue weighted by Crippen LogP contribution is 2.28. The molecular formula is C31H30N8. The summed E-state index contributed by atoms with van der Waals surface area (Å²) in [5.74, 6) is 1.86. The molecule has 0 radical (unpaired) electrons. The van der Waals surface area contributed by atoms with E-state index in [0.29, 0.717) is 24.7 Å². The average molecular weight is 515 g/mol. The van der Waals surface area contributed by atoms with Crippen LogP contribution in [-0.4, -0.2) is 32.2 Å². The number of aromatic nitrogens is 4. The Morgan fingerprint density at radius 3 is 2.08 bits per heavy atom. The molecule has 3 N–H and O–H groups in total. The third-order valence-electron chi connectivity index (χ3n) is 6.14. The molecule has 8 heteroatoms. The molecule has 0 spiro atoms. The Morgan fingerprint density at radius 2 is 1.36 bits per heavy atom. The third kappa shape index (κ3) is 7.23. The monoisotopic (exact) mass is 514 g/mol. The number of hydrogen-bond donors (Lipinski definition) is 3. The van der Waals surface area contributed by atoms with Crippen molar-refractivity contribution in [1.29, 1.82) is 0 Å². The van der Waals surface area contributed by atoms with Crippen molar-refractivity contribution in [2.24, 2.45) is 5.10 Å². The molecule has 8 nitrogen and oxygen atoms in total.